The largest absolute Gasteiger partial charge is 0.493 e. The number of rotatable bonds is 9. The fourth-order valence-corrected chi connectivity index (χ4v) is 2.82. The van der Waals surface area contributed by atoms with E-state index in [2.05, 4.69) is 10.4 Å². The van der Waals surface area contributed by atoms with E-state index in [0.717, 1.165) is 5.56 Å². The van der Waals surface area contributed by atoms with Crippen LogP contribution < -0.4 is 14.8 Å². The van der Waals surface area contributed by atoms with E-state index in [4.69, 9.17) is 9.47 Å². The van der Waals surface area contributed by atoms with Crippen molar-refractivity contribution in [3.8, 4) is 11.5 Å². The van der Waals surface area contributed by atoms with Crippen LogP contribution in [0.3, 0.4) is 0 Å². The van der Waals surface area contributed by atoms with Crippen LogP contribution in [0.25, 0.3) is 6.08 Å². The molecule has 1 aromatic heterocycles. The van der Waals surface area contributed by atoms with Gasteiger partial charge in [0.2, 0.25) is 5.78 Å². The van der Waals surface area contributed by atoms with Gasteiger partial charge in [0.1, 0.15) is 5.69 Å². The number of methoxy groups -OCH3 is 1. The molecule has 0 radical (unpaired) electrons. The van der Waals surface area contributed by atoms with Crippen LogP contribution in [0, 0.1) is 0 Å². The molecule has 1 amide bonds. The molecule has 0 aliphatic carbocycles. The predicted molar refractivity (Wildman–Crippen MR) is 115 cm³/mol. The Morgan fingerprint density at radius 2 is 1.90 bits per heavy atom. The second-order valence-corrected chi connectivity index (χ2v) is 6.34. The first-order valence-corrected chi connectivity index (χ1v) is 9.50. The number of anilines is 1. The summed E-state index contributed by atoms with van der Waals surface area (Å²) < 4.78 is 12.6. The van der Waals surface area contributed by atoms with Crippen LogP contribution in [-0.4, -0.2) is 35.2 Å². The molecule has 1 heterocycles. The summed E-state index contributed by atoms with van der Waals surface area (Å²) in [5, 5.41) is 6.86. The van der Waals surface area contributed by atoms with Crippen molar-refractivity contribution in [1.82, 2.24) is 9.78 Å². The summed E-state index contributed by atoms with van der Waals surface area (Å²) in [6.07, 6.45) is 4.79. The molecule has 3 aromatic rings. The number of allylic oxidation sites excluding steroid dienone is 1. The highest BCUT2D eigenvalue weighted by Gasteiger charge is 2.10. The van der Waals surface area contributed by atoms with Crippen molar-refractivity contribution in [2.24, 2.45) is 0 Å². The van der Waals surface area contributed by atoms with Gasteiger partial charge in [-0.3, -0.25) is 14.3 Å². The standard InChI is InChI=1S/C23H23N3O4/c1-3-26-19(13-14-24-26)20(27)11-9-17-10-12-21(22(15-17)29-2)30-16-23(28)25-18-7-5-4-6-8-18/h4-15H,3,16H2,1-2H3,(H,25,28)/b11-9+. The zero-order valence-electron chi connectivity index (χ0n) is 16.9. The van der Waals surface area contributed by atoms with Crippen LogP contribution in [0.4, 0.5) is 5.69 Å². The van der Waals surface area contributed by atoms with Crippen LogP contribution in [0.15, 0.2) is 66.9 Å². The number of benzene rings is 2. The highest BCUT2D eigenvalue weighted by Crippen LogP contribution is 2.28. The molecule has 1 N–H and O–H groups in total. The molecule has 0 fully saturated rings. The van der Waals surface area contributed by atoms with E-state index in [1.807, 2.05) is 25.1 Å². The summed E-state index contributed by atoms with van der Waals surface area (Å²) in [6, 6.07) is 16.1. The number of ether oxygens (including phenoxy) is 2. The number of aryl methyl sites for hydroxylation is 1. The molecular formula is C23H23N3O4. The molecule has 0 saturated carbocycles. The molecule has 30 heavy (non-hydrogen) atoms. The minimum absolute atomic E-state index is 0.133. The van der Waals surface area contributed by atoms with Crippen molar-refractivity contribution < 1.29 is 19.1 Å². The van der Waals surface area contributed by atoms with Gasteiger partial charge in [-0.1, -0.05) is 30.3 Å². The van der Waals surface area contributed by atoms with Crippen LogP contribution in [-0.2, 0) is 11.3 Å². The quantitative estimate of drug-likeness (QED) is 0.432. The van der Waals surface area contributed by atoms with Gasteiger partial charge in [-0.2, -0.15) is 5.10 Å². The van der Waals surface area contributed by atoms with Crippen LogP contribution in [0.1, 0.15) is 23.0 Å². The molecule has 7 nitrogen and oxygen atoms in total. The summed E-state index contributed by atoms with van der Waals surface area (Å²) >= 11 is 0. The van der Waals surface area contributed by atoms with E-state index < -0.39 is 0 Å². The number of carbonyl (C=O) groups is 2. The average molecular weight is 405 g/mol. The Kier molecular flexibility index (Phi) is 7.00. The number of nitrogens with zero attached hydrogens (tertiary/aromatic N) is 2. The van der Waals surface area contributed by atoms with Gasteiger partial charge in [-0.05, 0) is 48.9 Å². The monoisotopic (exact) mass is 405 g/mol. The molecule has 0 spiro atoms. The number of hydrogen-bond acceptors (Lipinski definition) is 5. The van der Waals surface area contributed by atoms with Crippen molar-refractivity contribution in [2.45, 2.75) is 13.5 Å². The average Bonchev–Trinajstić information content (AvgIpc) is 3.26. The number of nitrogens with one attached hydrogen (secondary N) is 1. The lowest BCUT2D eigenvalue weighted by molar-refractivity contribution is -0.118. The topological polar surface area (TPSA) is 82.5 Å². The second kappa shape index (κ2) is 10.1. The maximum Gasteiger partial charge on any atom is 0.262 e. The molecule has 7 heteroatoms. The Morgan fingerprint density at radius 1 is 1.10 bits per heavy atom. The number of para-hydroxylation sites is 1. The molecule has 3 rings (SSSR count). The summed E-state index contributed by atoms with van der Waals surface area (Å²) in [6.45, 7) is 2.40. The zero-order chi connectivity index (χ0) is 21.3. The second-order valence-electron chi connectivity index (χ2n) is 6.34. The maximum atomic E-state index is 12.4. The fraction of sp³-hybridized carbons (Fsp3) is 0.174. The molecule has 0 unspecified atom stereocenters. The Labute approximate surface area is 174 Å². The van der Waals surface area contributed by atoms with Crippen LogP contribution in [0.5, 0.6) is 11.5 Å². The predicted octanol–water partition coefficient (Wildman–Crippen LogP) is 3.83. The molecule has 154 valence electrons. The lowest BCUT2D eigenvalue weighted by Gasteiger charge is -2.11. The summed E-state index contributed by atoms with van der Waals surface area (Å²) in [7, 11) is 1.52. The van der Waals surface area contributed by atoms with E-state index in [-0.39, 0.29) is 18.3 Å². The van der Waals surface area contributed by atoms with Crippen molar-refractivity contribution in [3.05, 3.63) is 78.1 Å². The first-order chi connectivity index (χ1) is 14.6. The van der Waals surface area contributed by atoms with E-state index in [1.54, 1.807) is 53.4 Å². The van der Waals surface area contributed by atoms with Gasteiger partial charge >= 0.3 is 0 Å². The molecule has 0 aliphatic heterocycles. The molecule has 2 aromatic carbocycles. The Balaban J connectivity index is 1.63. The van der Waals surface area contributed by atoms with Crippen molar-refractivity contribution >= 4 is 23.5 Å². The van der Waals surface area contributed by atoms with Crippen molar-refractivity contribution in [1.29, 1.82) is 0 Å². The molecule has 0 bridgehead atoms. The summed E-state index contributed by atoms with van der Waals surface area (Å²) in [5.74, 6) is 0.501. The van der Waals surface area contributed by atoms with Gasteiger partial charge in [0.15, 0.2) is 18.1 Å². The van der Waals surface area contributed by atoms with Gasteiger partial charge in [0.25, 0.3) is 5.91 Å². The number of hydrogen-bond donors (Lipinski definition) is 1. The maximum absolute atomic E-state index is 12.4. The van der Waals surface area contributed by atoms with Gasteiger partial charge in [0.05, 0.1) is 7.11 Å². The molecule has 0 atom stereocenters. The Hall–Kier alpha value is -3.87. The van der Waals surface area contributed by atoms with Gasteiger partial charge in [-0.25, -0.2) is 0 Å². The smallest absolute Gasteiger partial charge is 0.262 e. The molecular weight excluding hydrogens is 382 g/mol. The molecule has 0 saturated heterocycles. The third-order valence-corrected chi connectivity index (χ3v) is 4.30. The lowest BCUT2D eigenvalue weighted by atomic mass is 10.1. The van der Waals surface area contributed by atoms with E-state index in [0.29, 0.717) is 29.4 Å². The Morgan fingerprint density at radius 3 is 2.63 bits per heavy atom. The summed E-state index contributed by atoms with van der Waals surface area (Å²) in [5.41, 5.74) is 2.00. The number of aromatic nitrogens is 2. The van der Waals surface area contributed by atoms with Gasteiger partial charge < -0.3 is 14.8 Å². The van der Waals surface area contributed by atoms with Crippen LogP contribution >= 0.6 is 0 Å². The third kappa shape index (κ3) is 5.35. The van der Waals surface area contributed by atoms with E-state index in [9.17, 15) is 9.59 Å². The highest BCUT2D eigenvalue weighted by atomic mass is 16.5. The van der Waals surface area contributed by atoms with Gasteiger partial charge in [0, 0.05) is 18.4 Å². The first-order valence-electron chi connectivity index (χ1n) is 9.50. The number of carbonyl (C=O) groups excluding carboxylic acids is 2. The minimum atomic E-state index is -0.273. The van der Waals surface area contributed by atoms with E-state index in [1.165, 1.54) is 13.2 Å². The minimum Gasteiger partial charge on any atom is -0.493 e. The Bertz CT molecular complexity index is 1040. The summed E-state index contributed by atoms with van der Waals surface area (Å²) in [4.78, 5) is 24.4. The van der Waals surface area contributed by atoms with E-state index >= 15 is 0 Å². The normalized spacial score (nSPS) is 10.7. The van der Waals surface area contributed by atoms with Crippen LogP contribution in [0.2, 0.25) is 0 Å². The van der Waals surface area contributed by atoms with Crippen molar-refractivity contribution in [2.75, 3.05) is 19.0 Å². The lowest BCUT2D eigenvalue weighted by Crippen LogP contribution is -2.20. The first kappa shape index (κ1) is 20.9. The van der Waals surface area contributed by atoms with Crippen molar-refractivity contribution in [3.63, 3.8) is 0 Å². The third-order valence-electron chi connectivity index (χ3n) is 4.30. The SMILES string of the molecule is CCn1nccc1C(=O)/C=C/c1ccc(OCC(=O)Nc2ccccc2)c(OC)c1. The number of amides is 1. The fourth-order valence-electron chi connectivity index (χ4n) is 2.82. The molecule has 0 aliphatic rings. The zero-order valence-corrected chi connectivity index (χ0v) is 16.9. The number of ketones is 1. The highest BCUT2D eigenvalue weighted by molar-refractivity contribution is 6.05. The van der Waals surface area contributed by atoms with Gasteiger partial charge in [-0.15, -0.1) is 0 Å².